The summed E-state index contributed by atoms with van der Waals surface area (Å²) in [6, 6.07) is 9.80. The molecule has 0 amide bonds. The Morgan fingerprint density at radius 2 is 2.09 bits per heavy atom. The SMILES string of the molecule is CCOC(=O)CSc1nc2nccc(-c3ccc(Br)cc3)n2n1. The van der Waals surface area contributed by atoms with Gasteiger partial charge < -0.3 is 4.74 Å². The summed E-state index contributed by atoms with van der Waals surface area (Å²) >= 11 is 4.66. The zero-order chi connectivity index (χ0) is 16.2. The molecule has 0 unspecified atom stereocenters. The number of hydrogen-bond acceptors (Lipinski definition) is 6. The number of esters is 1. The van der Waals surface area contributed by atoms with Gasteiger partial charge in [0.1, 0.15) is 0 Å². The van der Waals surface area contributed by atoms with E-state index in [9.17, 15) is 4.79 Å². The van der Waals surface area contributed by atoms with Crippen molar-refractivity contribution in [3.8, 4) is 11.3 Å². The Kier molecular flexibility index (Phi) is 4.92. The van der Waals surface area contributed by atoms with E-state index in [4.69, 9.17) is 4.74 Å². The molecule has 23 heavy (non-hydrogen) atoms. The summed E-state index contributed by atoms with van der Waals surface area (Å²) < 4.78 is 7.59. The Morgan fingerprint density at radius 3 is 2.83 bits per heavy atom. The number of halogens is 1. The minimum absolute atomic E-state index is 0.179. The van der Waals surface area contributed by atoms with E-state index in [0.717, 1.165) is 15.7 Å². The van der Waals surface area contributed by atoms with Gasteiger partial charge in [0.05, 0.1) is 18.1 Å². The van der Waals surface area contributed by atoms with E-state index >= 15 is 0 Å². The lowest BCUT2D eigenvalue weighted by Gasteiger charge is -2.03. The van der Waals surface area contributed by atoms with Crippen LogP contribution in [0.15, 0.2) is 46.2 Å². The Hall–Kier alpha value is -1.93. The summed E-state index contributed by atoms with van der Waals surface area (Å²) in [4.78, 5) is 20.0. The van der Waals surface area contributed by atoms with Crippen molar-refractivity contribution in [1.29, 1.82) is 0 Å². The maximum Gasteiger partial charge on any atom is 0.316 e. The van der Waals surface area contributed by atoms with Crippen LogP contribution in [0.1, 0.15) is 6.92 Å². The minimum Gasteiger partial charge on any atom is -0.465 e. The first-order valence-electron chi connectivity index (χ1n) is 6.93. The Labute approximate surface area is 145 Å². The van der Waals surface area contributed by atoms with E-state index < -0.39 is 0 Å². The van der Waals surface area contributed by atoms with Crippen molar-refractivity contribution in [3.05, 3.63) is 41.0 Å². The minimum atomic E-state index is -0.280. The fourth-order valence-corrected chi connectivity index (χ4v) is 2.88. The summed E-state index contributed by atoms with van der Waals surface area (Å²) in [5, 5.41) is 4.93. The van der Waals surface area contributed by atoms with Gasteiger partial charge in [-0.05, 0) is 25.1 Å². The Bertz CT molecular complexity index is 835. The van der Waals surface area contributed by atoms with Crippen LogP contribution in [0.2, 0.25) is 0 Å². The molecule has 0 aliphatic carbocycles. The Balaban J connectivity index is 1.89. The average molecular weight is 393 g/mol. The zero-order valence-electron chi connectivity index (χ0n) is 12.3. The first kappa shape index (κ1) is 15.9. The van der Waals surface area contributed by atoms with Gasteiger partial charge in [0, 0.05) is 16.2 Å². The normalized spacial score (nSPS) is 10.9. The van der Waals surface area contributed by atoms with Gasteiger partial charge in [-0.1, -0.05) is 39.8 Å². The van der Waals surface area contributed by atoms with Gasteiger partial charge in [-0.3, -0.25) is 4.79 Å². The second-order valence-electron chi connectivity index (χ2n) is 4.54. The molecule has 0 saturated carbocycles. The van der Waals surface area contributed by atoms with Crippen molar-refractivity contribution in [1.82, 2.24) is 19.6 Å². The van der Waals surface area contributed by atoms with Crippen molar-refractivity contribution in [2.75, 3.05) is 12.4 Å². The quantitative estimate of drug-likeness (QED) is 0.490. The molecule has 0 aliphatic heterocycles. The molecule has 6 nitrogen and oxygen atoms in total. The third-order valence-electron chi connectivity index (χ3n) is 2.99. The molecule has 0 fully saturated rings. The molecule has 0 spiro atoms. The molecule has 0 bridgehead atoms. The number of carbonyl (C=O) groups is 1. The monoisotopic (exact) mass is 392 g/mol. The molecule has 0 aliphatic rings. The third kappa shape index (κ3) is 3.70. The van der Waals surface area contributed by atoms with Crippen LogP contribution < -0.4 is 0 Å². The predicted octanol–water partition coefficient (Wildman–Crippen LogP) is 3.21. The van der Waals surface area contributed by atoms with Crippen LogP contribution in [-0.4, -0.2) is 37.9 Å². The molecule has 2 aromatic heterocycles. The summed E-state index contributed by atoms with van der Waals surface area (Å²) in [6.07, 6.45) is 1.70. The molecule has 0 radical (unpaired) electrons. The van der Waals surface area contributed by atoms with E-state index in [1.54, 1.807) is 17.6 Å². The lowest BCUT2D eigenvalue weighted by atomic mass is 10.1. The fraction of sp³-hybridized carbons (Fsp3) is 0.200. The number of nitrogens with zero attached hydrogens (tertiary/aromatic N) is 4. The van der Waals surface area contributed by atoms with Gasteiger partial charge in [-0.15, -0.1) is 5.10 Å². The van der Waals surface area contributed by atoms with Crippen LogP contribution in [0, 0.1) is 0 Å². The van der Waals surface area contributed by atoms with Crippen LogP contribution >= 0.6 is 27.7 Å². The maximum absolute atomic E-state index is 11.4. The van der Waals surface area contributed by atoms with E-state index in [2.05, 4.69) is 31.0 Å². The molecule has 8 heteroatoms. The largest absolute Gasteiger partial charge is 0.465 e. The smallest absolute Gasteiger partial charge is 0.316 e. The van der Waals surface area contributed by atoms with Gasteiger partial charge >= 0.3 is 5.97 Å². The summed E-state index contributed by atoms with van der Waals surface area (Å²) in [5.41, 5.74) is 1.89. The van der Waals surface area contributed by atoms with Crippen molar-refractivity contribution in [3.63, 3.8) is 0 Å². The van der Waals surface area contributed by atoms with Gasteiger partial charge in [0.2, 0.25) is 5.16 Å². The topological polar surface area (TPSA) is 69.4 Å². The summed E-state index contributed by atoms with van der Waals surface area (Å²) in [6.45, 7) is 2.15. The zero-order valence-corrected chi connectivity index (χ0v) is 14.7. The third-order valence-corrected chi connectivity index (χ3v) is 4.33. The Morgan fingerprint density at radius 1 is 1.30 bits per heavy atom. The van der Waals surface area contributed by atoms with Gasteiger partial charge in [0.25, 0.3) is 5.78 Å². The van der Waals surface area contributed by atoms with Gasteiger partial charge in [0.15, 0.2) is 0 Å². The van der Waals surface area contributed by atoms with E-state index in [1.165, 1.54) is 11.8 Å². The number of fused-ring (bicyclic) bond motifs is 1. The highest BCUT2D eigenvalue weighted by Crippen LogP contribution is 2.23. The molecule has 0 saturated heterocycles. The molecule has 0 N–H and O–H groups in total. The molecular formula is C15H13BrN4O2S. The maximum atomic E-state index is 11.4. The number of ether oxygens (including phenoxy) is 1. The van der Waals surface area contributed by atoms with E-state index in [0.29, 0.717) is 17.5 Å². The summed E-state index contributed by atoms with van der Waals surface area (Å²) in [7, 11) is 0. The molecule has 1 aromatic carbocycles. The number of aromatic nitrogens is 4. The molecular weight excluding hydrogens is 380 g/mol. The van der Waals surface area contributed by atoms with Crippen molar-refractivity contribution in [2.45, 2.75) is 12.1 Å². The second kappa shape index (κ2) is 7.10. The van der Waals surface area contributed by atoms with Crippen LogP contribution in [0.3, 0.4) is 0 Å². The number of rotatable bonds is 5. The lowest BCUT2D eigenvalue weighted by molar-refractivity contribution is -0.139. The summed E-state index contributed by atoms with van der Waals surface area (Å²) in [5.74, 6) is 0.396. The van der Waals surface area contributed by atoms with Crippen molar-refractivity contribution >= 4 is 39.4 Å². The highest BCUT2D eigenvalue weighted by atomic mass is 79.9. The van der Waals surface area contributed by atoms with Crippen molar-refractivity contribution in [2.24, 2.45) is 0 Å². The standard InChI is InChI=1S/C15H13BrN4O2S/c1-2-22-13(21)9-23-15-18-14-17-8-7-12(20(14)19-15)10-3-5-11(16)6-4-10/h3-8H,2,9H2,1H3. The molecule has 0 atom stereocenters. The van der Waals surface area contributed by atoms with Gasteiger partial charge in [-0.2, -0.15) is 9.50 Å². The van der Waals surface area contributed by atoms with E-state index in [1.807, 2.05) is 30.3 Å². The van der Waals surface area contributed by atoms with Crippen LogP contribution in [0.25, 0.3) is 17.0 Å². The van der Waals surface area contributed by atoms with Gasteiger partial charge in [-0.25, -0.2) is 4.98 Å². The van der Waals surface area contributed by atoms with Crippen LogP contribution in [0.5, 0.6) is 0 Å². The number of hydrogen-bond donors (Lipinski definition) is 0. The average Bonchev–Trinajstić information content (AvgIpc) is 2.97. The molecule has 3 aromatic rings. The first-order chi connectivity index (χ1) is 11.2. The molecule has 3 rings (SSSR count). The second-order valence-corrected chi connectivity index (χ2v) is 6.40. The lowest BCUT2D eigenvalue weighted by Crippen LogP contribution is -2.06. The van der Waals surface area contributed by atoms with Crippen LogP contribution in [0.4, 0.5) is 0 Å². The fourth-order valence-electron chi connectivity index (χ4n) is 2.00. The number of thioether (sulfide) groups is 1. The van der Waals surface area contributed by atoms with Crippen molar-refractivity contribution < 1.29 is 9.53 Å². The molecule has 2 heterocycles. The van der Waals surface area contributed by atoms with Crippen LogP contribution in [-0.2, 0) is 9.53 Å². The van der Waals surface area contributed by atoms with E-state index in [-0.39, 0.29) is 11.7 Å². The number of carbonyl (C=O) groups excluding carboxylic acids is 1. The molecule has 118 valence electrons. The highest BCUT2D eigenvalue weighted by Gasteiger charge is 2.12. The predicted molar refractivity (Wildman–Crippen MR) is 91.3 cm³/mol. The first-order valence-corrected chi connectivity index (χ1v) is 8.71. The highest BCUT2D eigenvalue weighted by molar-refractivity contribution is 9.10. The number of benzene rings is 1.